The van der Waals surface area contributed by atoms with Crippen LogP contribution in [0.1, 0.15) is 43.0 Å². The summed E-state index contributed by atoms with van der Waals surface area (Å²) in [6, 6.07) is 2.22. The van der Waals surface area contributed by atoms with Crippen LogP contribution in [0.15, 0.2) is 15.2 Å². The Kier molecular flexibility index (Phi) is 4.03. The Morgan fingerprint density at radius 2 is 2.44 bits per heavy atom. The van der Waals surface area contributed by atoms with Gasteiger partial charge in [-0.1, -0.05) is 19.8 Å². The van der Waals surface area contributed by atoms with Gasteiger partial charge in [0.25, 0.3) is 5.91 Å². The number of hydrogen-bond acceptors (Lipinski definition) is 2. The molecule has 1 atom stereocenters. The summed E-state index contributed by atoms with van der Waals surface area (Å²) in [5.74, 6) is 0.925. The van der Waals surface area contributed by atoms with Crippen molar-refractivity contribution >= 4 is 33.2 Å². The molecule has 88 valence electrons. The lowest BCUT2D eigenvalue weighted by Crippen LogP contribution is -2.34. The van der Waals surface area contributed by atoms with Crippen molar-refractivity contribution in [2.45, 2.75) is 38.6 Å². The van der Waals surface area contributed by atoms with E-state index in [1.54, 1.807) is 11.3 Å². The Bertz CT molecular complexity index is 373. The molecule has 16 heavy (non-hydrogen) atoms. The first kappa shape index (κ1) is 12.1. The average molecular weight is 302 g/mol. The molecule has 0 aromatic carbocycles. The van der Waals surface area contributed by atoms with Crippen LogP contribution in [0, 0.1) is 5.92 Å². The van der Waals surface area contributed by atoms with Crippen LogP contribution < -0.4 is 5.32 Å². The van der Waals surface area contributed by atoms with E-state index in [0.717, 1.165) is 28.1 Å². The first-order chi connectivity index (χ1) is 7.69. The highest BCUT2D eigenvalue weighted by Gasteiger charge is 2.25. The number of carbonyl (C=O) groups excluding carboxylic acids is 1. The van der Waals surface area contributed by atoms with Gasteiger partial charge in [-0.25, -0.2) is 0 Å². The highest BCUT2D eigenvalue weighted by Crippen LogP contribution is 2.34. The van der Waals surface area contributed by atoms with Gasteiger partial charge in [-0.3, -0.25) is 4.79 Å². The van der Waals surface area contributed by atoms with Gasteiger partial charge in [0.15, 0.2) is 0 Å². The van der Waals surface area contributed by atoms with Crippen LogP contribution in [0.2, 0.25) is 0 Å². The van der Waals surface area contributed by atoms with Crippen molar-refractivity contribution in [3.05, 3.63) is 20.8 Å². The van der Waals surface area contributed by atoms with Gasteiger partial charge in [-0.05, 0) is 40.8 Å². The van der Waals surface area contributed by atoms with Crippen molar-refractivity contribution < 1.29 is 4.79 Å². The molecule has 0 spiro atoms. The van der Waals surface area contributed by atoms with Crippen molar-refractivity contribution in [3.63, 3.8) is 0 Å². The molecule has 1 aromatic rings. The summed E-state index contributed by atoms with van der Waals surface area (Å²) < 4.78 is 1.01. The fourth-order valence-corrected chi connectivity index (χ4v) is 2.92. The van der Waals surface area contributed by atoms with Gasteiger partial charge in [-0.2, -0.15) is 0 Å². The van der Waals surface area contributed by atoms with Gasteiger partial charge >= 0.3 is 0 Å². The fraction of sp³-hybridized carbons (Fsp3) is 0.583. The summed E-state index contributed by atoms with van der Waals surface area (Å²) in [6.45, 7) is 2.14. The molecular weight excluding hydrogens is 286 g/mol. The standard InChI is InChI=1S/C12H16BrNOS/c1-2-10(5-8-3-4-8)14-12(15)9-6-11(13)16-7-9/h6-8,10H,2-5H2,1H3,(H,14,15). The molecule has 1 aliphatic carbocycles. The molecule has 1 aliphatic rings. The first-order valence-corrected chi connectivity index (χ1v) is 7.41. The molecule has 2 nitrogen and oxygen atoms in total. The summed E-state index contributed by atoms with van der Waals surface area (Å²) in [5.41, 5.74) is 0.770. The molecule has 1 fully saturated rings. The van der Waals surface area contributed by atoms with E-state index in [4.69, 9.17) is 0 Å². The number of amides is 1. The van der Waals surface area contributed by atoms with Crippen LogP contribution in [-0.2, 0) is 0 Å². The van der Waals surface area contributed by atoms with Gasteiger partial charge in [0.2, 0.25) is 0 Å². The lowest BCUT2D eigenvalue weighted by molar-refractivity contribution is 0.0933. The molecule has 0 radical (unpaired) electrons. The van der Waals surface area contributed by atoms with E-state index < -0.39 is 0 Å². The SMILES string of the molecule is CCC(CC1CC1)NC(=O)c1csc(Br)c1. The quantitative estimate of drug-likeness (QED) is 0.880. The summed E-state index contributed by atoms with van der Waals surface area (Å²) in [4.78, 5) is 11.9. The summed E-state index contributed by atoms with van der Waals surface area (Å²) >= 11 is 4.92. The van der Waals surface area contributed by atoms with E-state index in [0.29, 0.717) is 6.04 Å². The largest absolute Gasteiger partial charge is 0.349 e. The minimum absolute atomic E-state index is 0.0643. The first-order valence-electron chi connectivity index (χ1n) is 5.74. The van der Waals surface area contributed by atoms with E-state index >= 15 is 0 Å². The Morgan fingerprint density at radius 1 is 1.69 bits per heavy atom. The molecule has 1 N–H and O–H groups in total. The van der Waals surface area contributed by atoms with Crippen LogP contribution in [0.5, 0.6) is 0 Å². The molecule has 2 rings (SSSR count). The predicted molar refractivity (Wildman–Crippen MR) is 70.9 cm³/mol. The molecule has 0 aliphatic heterocycles. The third-order valence-corrected chi connectivity index (χ3v) is 4.48. The Morgan fingerprint density at radius 3 is 2.94 bits per heavy atom. The summed E-state index contributed by atoms with van der Waals surface area (Å²) in [6.07, 6.45) is 4.85. The minimum Gasteiger partial charge on any atom is -0.349 e. The average Bonchev–Trinajstić information content (AvgIpc) is 2.97. The van der Waals surface area contributed by atoms with Gasteiger partial charge in [-0.15, -0.1) is 11.3 Å². The summed E-state index contributed by atoms with van der Waals surface area (Å²) in [5, 5.41) is 5.01. The van der Waals surface area contributed by atoms with E-state index in [-0.39, 0.29) is 5.91 Å². The molecule has 1 aromatic heterocycles. The molecule has 0 saturated heterocycles. The van der Waals surface area contributed by atoms with Gasteiger partial charge in [0.1, 0.15) is 0 Å². The number of carbonyl (C=O) groups is 1. The smallest absolute Gasteiger partial charge is 0.252 e. The predicted octanol–water partition coefficient (Wildman–Crippen LogP) is 3.82. The van der Waals surface area contributed by atoms with Gasteiger partial charge < -0.3 is 5.32 Å². The van der Waals surface area contributed by atoms with Crippen molar-refractivity contribution in [1.29, 1.82) is 0 Å². The number of hydrogen-bond donors (Lipinski definition) is 1. The maximum atomic E-state index is 11.9. The Labute approximate surface area is 109 Å². The molecule has 1 amide bonds. The Balaban J connectivity index is 1.89. The van der Waals surface area contributed by atoms with E-state index in [9.17, 15) is 4.79 Å². The highest BCUT2D eigenvalue weighted by molar-refractivity contribution is 9.11. The van der Waals surface area contributed by atoms with Crippen molar-refractivity contribution in [1.82, 2.24) is 5.32 Å². The normalized spacial score (nSPS) is 17.1. The molecule has 4 heteroatoms. The third-order valence-electron chi connectivity index (χ3n) is 2.97. The van der Waals surface area contributed by atoms with Gasteiger partial charge in [0.05, 0.1) is 9.35 Å². The number of rotatable bonds is 5. The molecule has 1 saturated carbocycles. The second-order valence-electron chi connectivity index (χ2n) is 4.40. The molecule has 1 heterocycles. The number of thiophene rings is 1. The van der Waals surface area contributed by atoms with Crippen molar-refractivity contribution in [2.24, 2.45) is 5.92 Å². The maximum Gasteiger partial charge on any atom is 0.252 e. The molecule has 0 bridgehead atoms. The topological polar surface area (TPSA) is 29.1 Å². The maximum absolute atomic E-state index is 11.9. The number of halogens is 1. The highest BCUT2D eigenvalue weighted by atomic mass is 79.9. The van der Waals surface area contributed by atoms with E-state index in [1.807, 2.05) is 11.4 Å². The van der Waals surface area contributed by atoms with Crippen LogP contribution in [0.4, 0.5) is 0 Å². The molecular formula is C12H16BrNOS. The lowest BCUT2D eigenvalue weighted by atomic mass is 10.1. The van der Waals surface area contributed by atoms with E-state index in [1.165, 1.54) is 12.8 Å². The van der Waals surface area contributed by atoms with Crippen LogP contribution >= 0.6 is 27.3 Å². The third kappa shape index (κ3) is 3.32. The summed E-state index contributed by atoms with van der Waals surface area (Å²) in [7, 11) is 0. The zero-order chi connectivity index (χ0) is 11.5. The zero-order valence-corrected chi connectivity index (χ0v) is 11.7. The van der Waals surface area contributed by atoms with Gasteiger partial charge in [0, 0.05) is 11.4 Å². The van der Waals surface area contributed by atoms with Crippen molar-refractivity contribution in [2.75, 3.05) is 0 Å². The Hall–Kier alpha value is -0.350. The second kappa shape index (κ2) is 5.32. The monoisotopic (exact) mass is 301 g/mol. The number of nitrogens with one attached hydrogen (secondary N) is 1. The van der Waals surface area contributed by atoms with E-state index in [2.05, 4.69) is 28.2 Å². The second-order valence-corrected chi connectivity index (χ2v) is 6.69. The van der Waals surface area contributed by atoms with Crippen LogP contribution in [0.3, 0.4) is 0 Å². The van der Waals surface area contributed by atoms with Crippen molar-refractivity contribution in [3.8, 4) is 0 Å². The zero-order valence-electron chi connectivity index (χ0n) is 9.33. The van der Waals surface area contributed by atoms with Crippen LogP contribution in [0.25, 0.3) is 0 Å². The molecule has 1 unspecified atom stereocenters. The minimum atomic E-state index is 0.0643. The van der Waals surface area contributed by atoms with Crippen LogP contribution in [-0.4, -0.2) is 11.9 Å². The lowest BCUT2D eigenvalue weighted by Gasteiger charge is -2.15. The fourth-order valence-electron chi connectivity index (χ4n) is 1.78.